The molecular formula is C15H11Cl2N4O2+. The summed E-state index contributed by atoms with van der Waals surface area (Å²) in [5.41, 5.74) is 4.16. The molecule has 3 atom stereocenters. The first kappa shape index (κ1) is 14.7. The van der Waals surface area contributed by atoms with Gasteiger partial charge in [-0.2, -0.15) is 10.5 Å². The van der Waals surface area contributed by atoms with Gasteiger partial charge in [0.25, 0.3) is 5.84 Å². The van der Waals surface area contributed by atoms with Crippen molar-refractivity contribution in [2.75, 3.05) is 13.2 Å². The van der Waals surface area contributed by atoms with E-state index < -0.39 is 22.7 Å². The Morgan fingerprint density at radius 3 is 2.48 bits per heavy atom. The van der Waals surface area contributed by atoms with Crippen molar-refractivity contribution in [1.29, 1.82) is 10.5 Å². The lowest BCUT2D eigenvalue weighted by Gasteiger charge is -2.23. The Morgan fingerprint density at radius 1 is 1.22 bits per heavy atom. The third-order valence-corrected chi connectivity index (χ3v) is 5.53. The number of nitrogens with two attached hydrogens (primary N) is 1. The zero-order valence-electron chi connectivity index (χ0n) is 11.8. The molecule has 2 heterocycles. The van der Waals surface area contributed by atoms with Crippen LogP contribution in [-0.2, 0) is 9.47 Å². The zero-order chi connectivity index (χ0) is 16.5. The van der Waals surface area contributed by atoms with E-state index >= 15 is 0 Å². The van der Waals surface area contributed by atoms with Gasteiger partial charge in [-0.3, -0.25) is 5.73 Å². The van der Waals surface area contributed by atoms with Crippen LogP contribution in [0.5, 0.6) is 0 Å². The molecule has 0 radical (unpaired) electrons. The van der Waals surface area contributed by atoms with Gasteiger partial charge in [0.05, 0.1) is 25.4 Å². The highest BCUT2D eigenvalue weighted by Crippen LogP contribution is 2.79. The van der Waals surface area contributed by atoms with Crippen LogP contribution in [0.4, 0.5) is 0 Å². The van der Waals surface area contributed by atoms with Crippen molar-refractivity contribution < 1.29 is 14.5 Å². The number of rotatable bonds is 1. The van der Waals surface area contributed by atoms with E-state index in [0.717, 1.165) is 0 Å². The van der Waals surface area contributed by atoms with Gasteiger partial charge in [-0.15, -0.1) is 0 Å². The van der Waals surface area contributed by atoms with Crippen molar-refractivity contribution >= 4 is 29.0 Å². The lowest BCUT2D eigenvalue weighted by molar-refractivity contribution is -0.676. The van der Waals surface area contributed by atoms with Crippen molar-refractivity contribution in [2.24, 2.45) is 16.6 Å². The van der Waals surface area contributed by atoms with E-state index in [4.69, 9.17) is 38.4 Å². The van der Waals surface area contributed by atoms with Gasteiger partial charge in [-0.05, 0) is 17.7 Å². The minimum Gasteiger partial charge on any atom is -0.311 e. The molecule has 0 amide bonds. The van der Waals surface area contributed by atoms with Gasteiger partial charge < -0.3 is 9.47 Å². The zero-order valence-corrected chi connectivity index (χ0v) is 13.3. The van der Waals surface area contributed by atoms with E-state index in [-0.39, 0.29) is 5.84 Å². The van der Waals surface area contributed by atoms with Crippen LogP contribution < -0.4 is 10.7 Å². The molecule has 8 heteroatoms. The van der Waals surface area contributed by atoms with Crippen LogP contribution in [0.3, 0.4) is 0 Å². The van der Waals surface area contributed by atoms with Gasteiger partial charge in [0, 0.05) is 16.0 Å². The number of halogens is 2. The highest BCUT2D eigenvalue weighted by Gasteiger charge is 2.97. The topological polar surface area (TPSA) is 106 Å². The van der Waals surface area contributed by atoms with E-state index in [2.05, 4.69) is 17.1 Å². The van der Waals surface area contributed by atoms with Gasteiger partial charge in [-0.25, -0.2) is 4.99 Å². The fourth-order valence-corrected chi connectivity index (χ4v) is 4.54. The number of nitrogens with one attached hydrogen (secondary N) is 1. The lowest BCUT2D eigenvalue weighted by Crippen LogP contribution is -2.89. The maximum absolute atomic E-state index is 9.94. The molecule has 0 bridgehead atoms. The highest BCUT2D eigenvalue weighted by molar-refractivity contribution is 6.35. The Bertz CT molecular complexity index is 837. The Kier molecular flexibility index (Phi) is 2.80. The molecule has 116 valence electrons. The Balaban J connectivity index is 1.95. The Labute approximate surface area is 142 Å². The third-order valence-electron chi connectivity index (χ3n) is 4.97. The fraction of sp³-hybridized carbons (Fsp3) is 0.400. The van der Waals surface area contributed by atoms with Crippen molar-refractivity contribution in [3.8, 4) is 12.1 Å². The normalized spacial score (nSPS) is 36.2. The quantitative estimate of drug-likeness (QED) is 0.756. The SMILES string of the molecule is N#C[C@@]12C(N)=[NH+]C3(OCCO3)[C@]1(C#N)[C@H]2c1ccc(Cl)cc1Cl. The smallest absolute Gasteiger partial charge is 0.311 e. The molecule has 6 nitrogen and oxygen atoms in total. The summed E-state index contributed by atoms with van der Waals surface area (Å²) in [6, 6.07) is 9.39. The number of hydrogen-bond donors (Lipinski definition) is 2. The summed E-state index contributed by atoms with van der Waals surface area (Å²) in [4.78, 5) is 2.88. The summed E-state index contributed by atoms with van der Waals surface area (Å²) >= 11 is 12.2. The summed E-state index contributed by atoms with van der Waals surface area (Å²) < 4.78 is 11.4. The molecule has 1 aromatic rings. The second kappa shape index (κ2) is 4.37. The number of hydrogen-bond acceptors (Lipinski definition) is 5. The van der Waals surface area contributed by atoms with E-state index in [9.17, 15) is 10.5 Å². The Hall–Kier alpha value is -1.83. The van der Waals surface area contributed by atoms with Gasteiger partial charge in [0.2, 0.25) is 0 Å². The van der Waals surface area contributed by atoms with Gasteiger partial charge in [0.1, 0.15) is 0 Å². The summed E-state index contributed by atoms with van der Waals surface area (Å²) in [5, 5.41) is 20.6. The van der Waals surface area contributed by atoms with Crippen LogP contribution in [0.15, 0.2) is 18.2 Å². The highest BCUT2D eigenvalue weighted by atomic mass is 35.5. The molecule has 1 saturated carbocycles. The lowest BCUT2D eigenvalue weighted by atomic mass is 9.94. The van der Waals surface area contributed by atoms with Gasteiger partial charge >= 0.3 is 5.91 Å². The van der Waals surface area contributed by atoms with E-state index in [1.165, 1.54) is 0 Å². The monoisotopic (exact) mass is 349 g/mol. The van der Waals surface area contributed by atoms with Crippen LogP contribution in [-0.4, -0.2) is 25.0 Å². The largest absolute Gasteiger partial charge is 0.343 e. The average molecular weight is 350 g/mol. The first-order chi connectivity index (χ1) is 11.0. The van der Waals surface area contributed by atoms with Crippen molar-refractivity contribution in [1.82, 2.24) is 0 Å². The first-order valence-corrected chi connectivity index (χ1v) is 7.71. The third kappa shape index (κ3) is 1.39. The number of amidine groups is 1. The standard InChI is InChI=1S/C15H10Cl2N4O2/c16-8-1-2-9(10(17)5-8)11-13(6-18)12(20)21-15(14(11,13)7-19)22-3-4-23-15/h1-2,5,11H,3-4H2,(H2,20,21)/p+1/t11-,13+,14+/m0/s1. The minimum atomic E-state index is -1.42. The van der Waals surface area contributed by atoms with Crippen molar-refractivity contribution in [3.63, 3.8) is 0 Å². The molecule has 3 N–H and O–H groups in total. The predicted molar refractivity (Wildman–Crippen MR) is 80.1 cm³/mol. The molecule has 1 saturated heterocycles. The number of fused-ring (bicyclic) bond motifs is 2. The molecule has 0 unspecified atom stereocenters. The molecule has 1 aliphatic carbocycles. The van der Waals surface area contributed by atoms with Crippen LogP contribution in [0, 0.1) is 33.5 Å². The van der Waals surface area contributed by atoms with Crippen molar-refractivity contribution in [3.05, 3.63) is 33.8 Å². The molecule has 3 aliphatic rings. The second-order valence-electron chi connectivity index (χ2n) is 5.79. The maximum atomic E-state index is 9.94. The van der Waals surface area contributed by atoms with E-state index in [1.807, 2.05) is 0 Å². The molecule has 23 heavy (non-hydrogen) atoms. The maximum Gasteiger partial charge on any atom is 0.343 e. The number of nitriles is 2. The van der Waals surface area contributed by atoms with Crippen LogP contribution in [0.2, 0.25) is 10.0 Å². The van der Waals surface area contributed by atoms with Gasteiger partial charge in [-0.1, -0.05) is 29.3 Å². The summed E-state index contributed by atoms with van der Waals surface area (Å²) in [7, 11) is 0. The number of ether oxygens (including phenoxy) is 2. The van der Waals surface area contributed by atoms with E-state index in [0.29, 0.717) is 28.8 Å². The molecule has 2 fully saturated rings. The van der Waals surface area contributed by atoms with Gasteiger partial charge in [0.15, 0.2) is 10.8 Å². The second-order valence-corrected chi connectivity index (χ2v) is 6.63. The predicted octanol–water partition coefficient (Wildman–Crippen LogP) is 0.263. The van der Waals surface area contributed by atoms with Crippen LogP contribution in [0.25, 0.3) is 0 Å². The summed E-state index contributed by atoms with van der Waals surface area (Å²) in [6.07, 6.45) is 0. The minimum absolute atomic E-state index is 0.166. The average Bonchev–Trinajstić information content (AvgIpc) is 2.77. The molecule has 4 rings (SSSR count). The summed E-state index contributed by atoms with van der Waals surface area (Å²) in [6.45, 7) is 0.624. The van der Waals surface area contributed by atoms with Crippen LogP contribution >= 0.6 is 23.2 Å². The Morgan fingerprint density at radius 2 is 1.91 bits per heavy atom. The van der Waals surface area contributed by atoms with Crippen molar-refractivity contribution in [2.45, 2.75) is 11.8 Å². The molecule has 1 spiro atoms. The molecule has 1 aromatic carbocycles. The van der Waals surface area contributed by atoms with E-state index in [1.54, 1.807) is 18.2 Å². The molecule has 0 aromatic heterocycles. The molecule has 2 aliphatic heterocycles. The fourth-order valence-electron chi connectivity index (χ4n) is 4.02. The first-order valence-electron chi connectivity index (χ1n) is 6.95. The number of benzene rings is 1. The number of nitrogens with zero attached hydrogens (tertiary/aromatic N) is 2. The molecular weight excluding hydrogens is 339 g/mol. The van der Waals surface area contributed by atoms with Crippen LogP contribution in [0.1, 0.15) is 11.5 Å². The summed E-state index contributed by atoms with van der Waals surface area (Å²) in [5.74, 6) is -1.82.